The van der Waals surface area contributed by atoms with Gasteiger partial charge < -0.3 is 0 Å². The molecule has 3 heteroatoms. The van der Waals surface area contributed by atoms with E-state index in [2.05, 4.69) is 0 Å². The fraction of sp³-hybridized carbons (Fsp3) is 0.250. The molecule has 1 aromatic rings. The van der Waals surface area contributed by atoms with E-state index in [9.17, 15) is 4.79 Å². The molecule has 1 nitrogen and oxygen atoms in total. The SMILES string of the molecule is CC(=O)SCC=Cc1c(C)cccc1Cl. The highest BCUT2D eigenvalue weighted by molar-refractivity contribution is 8.13. The van der Waals surface area contributed by atoms with Crippen molar-refractivity contribution in [2.75, 3.05) is 5.75 Å². The van der Waals surface area contributed by atoms with Crippen LogP contribution < -0.4 is 0 Å². The van der Waals surface area contributed by atoms with Crippen molar-refractivity contribution in [1.29, 1.82) is 0 Å². The van der Waals surface area contributed by atoms with Gasteiger partial charge in [-0.3, -0.25) is 4.79 Å². The van der Waals surface area contributed by atoms with Crippen LogP contribution in [0.15, 0.2) is 24.3 Å². The number of carbonyl (C=O) groups excluding carboxylic acids is 1. The molecule has 0 fully saturated rings. The van der Waals surface area contributed by atoms with Gasteiger partial charge in [-0.1, -0.05) is 47.6 Å². The number of aryl methyl sites for hydroxylation is 1. The number of hydrogen-bond acceptors (Lipinski definition) is 2. The predicted molar refractivity (Wildman–Crippen MR) is 68.4 cm³/mol. The highest BCUT2D eigenvalue weighted by Gasteiger charge is 1.98. The molecule has 0 aliphatic rings. The topological polar surface area (TPSA) is 17.1 Å². The maximum absolute atomic E-state index is 10.7. The fourth-order valence-electron chi connectivity index (χ4n) is 1.19. The van der Waals surface area contributed by atoms with Gasteiger partial charge in [-0.25, -0.2) is 0 Å². The zero-order valence-corrected chi connectivity index (χ0v) is 10.4. The molecule has 0 bridgehead atoms. The van der Waals surface area contributed by atoms with E-state index in [0.29, 0.717) is 5.75 Å². The third kappa shape index (κ3) is 4.10. The molecule has 0 unspecified atom stereocenters. The summed E-state index contributed by atoms with van der Waals surface area (Å²) in [6.45, 7) is 3.59. The molecule has 0 spiro atoms. The Morgan fingerprint density at radius 3 is 2.87 bits per heavy atom. The zero-order chi connectivity index (χ0) is 11.3. The largest absolute Gasteiger partial charge is 0.288 e. The van der Waals surface area contributed by atoms with E-state index in [0.717, 1.165) is 16.1 Å². The number of rotatable bonds is 3. The first-order chi connectivity index (χ1) is 7.11. The van der Waals surface area contributed by atoms with Crippen LogP contribution >= 0.6 is 23.4 Å². The Morgan fingerprint density at radius 1 is 1.53 bits per heavy atom. The lowest BCUT2D eigenvalue weighted by Gasteiger charge is -2.01. The quantitative estimate of drug-likeness (QED) is 0.796. The van der Waals surface area contributed by atoms with Gasteiger partial charge in [0.1, 0.15) is 0 Å². The van der Waals surface area contributed by atoms with Crippen molar-refractivity contribution in [3.8, 4) is 0 Å². The molecule has 15 heavy (non-hydrogen) atoms. The van der Waals surface area contributed by atoms with Crippen molar-refractivity contribution < 1.29 is 4.79 Å². The first-order valence-corrected chi connectivity index (χ1v) is 6.02. The van der Waals surface area contributed by atoms with Crippen molar-refractivity contribution in [1.82, 2.24) is 0 Å². The van der Waals surface area contributed by atoms with E-state index in [-0.39, 0.29) is 5.12 Å². The second kappa shape index (κ2) is 5.99. The molecular formula is C12H13ClOS. The van der Waals surface area contributed by atoms with E-state index >= 15 is 0 Å². The summed E-state index contributed by atoms with van der Waals surface area (Å²) in [6, 6.07) is 5.81. The smallest absolute Gasteiger partial charge is 0.186 e. The first-order valence-electron chi connectivity index (χ1n) is 4.66. The minimum Gasteiger partial charge on any atom is -0.288 e. The molecule has 0 aliphatic carbocycles. The molecule has 0 atom stereocenters. The van der Waals surface area contributed by atoms with Crippen LogP contribution in [0.1, 0.15) is 18.1 Å². The van der Waals surface area contributed by atoms with Gasteiger partial charge in [0, 0.05) is 17.7 Å². The Hall–Kier alpha value is -0.730. The molecule has 0 N–H and O–H groups in total. The molecule has 0 heterocycles. The van der Waals surface area contributed by atoms with Crippen molar-refractivity contribution in [2.24, 2.45) is 0 Å². The van der Waals surface area contributed by atoms with Crippen LogP contribution in [0, 0.1) is 6.92 Å². The number of thioether (sulfide) groups is 1. The average Bonchev–Trinajstić information content (AvgIpc) is 2.15. The van der Waals surface area contributed by atoms with E-state index < -0.39 is 0 Å². The average molecular weight is 241 g/mol. The molecule has 0 radical (unpaired) electrons. The molecule has 0 aromatic heterocycles. The monoisotopic (exact) mass is 240 g/mol. The molecule has 0 amide bonds. The van der Waals surface area contributed by atoms with Gasteiger partial charge in [0.25, 0.3) is 0 Å². The normalized spacial score (nSPS) is 10.9. The first kappa shape index (κ1) is 12.3. The second-order valence-electron chi connectivity index (χ2n) is 3.18. The summed E-state index contributed by atoms with van der Waals surface area (Å²) in [5.41, 5.74) is 2.18. The van der Waals surface area contributed by atoms with Crippen molar-refractivity contribution in [3.63, 3.8) is 0 Å². The summed E-state index contributed by atoms with van der Waals surface area (Å²) in [7, 11) is 0. The Balaban J connectivity index is 2.67. The van der Waals surface area contributed by atoms with Gasteiger partial charge in [0.2, 0.25) is 0 Å². The Kier molecular flexibility index (Phi) is 4.92. The van der Waals surface area contributed by atoms with Crippen molar-refractivity contribution in [3.05, 3.63) is 40.4 Å². The number of hydrogen-bond donors (Lipinski definition) is 0. The summed E-state index contributed by atoms with van der Waals surface area (Å²) < 4.78 is 0. The fourth-order valence-corrected chi connectivity index (χ4v) is 1.90. The minimum absolute atomic E-state index is 0.135. The molecule has 1 rings (SSSR count). The van der Waals surface area contributed by atoms with Crippen LogP contribution in [0.2, 0.25) is 5.02 Å². The number of benzene rings is 1. The van der Waals surface area contributed by atoms with Gasteiger partial charge >= 0.3 is 0 Å². The molecule has 0 saturated carbocycles. The van der Waals surface area contributed by atoms with E-state index in [1.165, 1.54) is 11.8 Å². The maximum Gasteiger partial charge on any atom is 0.186 e. The molecule has 0 aliphatic heterocycles. The van der Waals surface area contributed by atoms with Crippen LogP contribution in [-0.4, -0.2) is 10.9 Å². The van der Waals surface area contributed by atoms with Gasteiger partial charge in [-0.15, -0.1) is 0 Å². The lowest BCUT2D eigenvalue weighted by Crippen LogP contribution is -1.84. The summed E-state index contributed by atoms with van der Waals surface area (Å²) in [4.78, 5) is 10.7. The van der Waals surface area contributed by atoms with E-state index in [1.807, 2.05) is 37.3 Å². The van der Waals surface area contributed by atoms with Gasteiger partial charge in [0.05, 0.1) is 0 Å². The van der Waals surface area contributed by atoms with Gasteiger partial charge in [-0.05, 0) is 24.1 Å². The lowest BCUT2D eigenvalue weighted by molar-refractivity contribution is -0.109. The Morgan fingerprint density at radius 2 is 2.27 bits per heavy atom. The van der Waals surface area contributed by atoms with Crippen molar-refractivity contribution in [2.45, 2.75) is 13.8 Å². The highest BCUT2D eigenvalue weighted by atomic mass is 35.5. The third-order valence-corrected chi connectivity index (χ3v) is 3.03. The highest BCUT2D eigenvalue weighted by Crippen LogP contribution is 2.21. The van der Waals surface area contributed by atoms with Crippen LogP contribution in [0.5, 0.6) is 0 Å². The van der Waals surface area contributed by atoms with Crippen LogP contribution in [0.4, 0.5) is 0 Å². The Labute approximate surface area is 99.5 Å². The Bertz CT molecular complexity index is 365. The van der Waals surface area contributed by atoms with Gasteiger partial charge in [-0.2, -0.15) is 0 Å². The van der Waals surface area contributed by atoms with Crippen LogP contribution in [0.3, 0.4) is 0 Å². The molecule has 80 valence electrons. The molecular weight excluding hydrogens is 228 g/mol. The van der Waals surface area contributed by atoms with E-state index in [4.69, 9.17) is 11.6 Å². The second-order valence-corrected chi connectivity index (χ2v) is 4.78. The number of carbonyl (C=O) groups is 1. The predicted octanol–water partition coefficient (Wildman–Crippen LogP) is 3.94. The van der Waals surface area contributed by atoms with Crippen molar-refractivity contribution >= 4 is 34.6 Å². The minimum atomic E-state index is 0.135. The summed E-state index contributed by atoms with van der Waals surface area (Å²) in [5, 5.41) is 0.884. The summed E-state index contributed by atoms with van der Waals surface area (Å²) >= 11 is 7.34. The summed E-state index contributed by atoms with van der Waals surface area (Å²) in [5.74, 6) is 0.694. The third-order valence-electron chi connectivity index (χ3n) is 1.94. The molecule has 1 aromatic carbocycles. The van der Waals surface area contributed by atoms with Gasteiger partial charge in [0.15, 0.2) is 5.12 Å². The standard InChI is InChI=1S/C12H13ClOS/c1-9-5-3-7-12(13)11(9)6-4-8-15-10(2)14/h3-7H,8H2,1-2H3. The zero-order valence-electron chi connectivity index (χ0n) is 8.79. The lowest BCUT2D eigenvalue weighted by atomic mass is 10.1. The molecule has 0 saturated heterocycles. The summed E-state index contributed by atoms with van der Waals surface area (Å²) in [6.07, 6.45) is 3.92. The van der Waals surface area contributed by atoms with Crippen LogP contribution in [0.25, 0.3) is 6.08 Å². The van der Waals surface area contributed by atoms with E-state index in [1.54, 1.807) is 6.92 Å². The van der Waals surface area contributed by atoms with Crippen LogP contribution in [-0.2, 0) is 4.79 Å². The number of halogens is 1. The maximum atomic E-state index is 10.7.